The lowest BCUT2D eigenvalue weighted by Gasteiger charge is -2.14. The van der Waals surface area contributed by atoms with Crippen molar-refractivity contribution in [1.29, 1.82) is 0 Å². The van der Waals surface area contributed by atoms with E-state index in [4.69, 9.17) is 0 Å². The average molecular weight is 226 g/mol. The lowest BCUT2D eigenvalue weighted by Crippen LogP contribution is -2.08. The Kier molecular flexibility index (Phi) is 4.25. The highest BCUT2D eigenvalue weighted by atomic mass is 14.7. The second-order valence-electron chi connectivity index (χ2n) is 4.36. The van der Waals surface area contributed by atoms with E-state index in [1.807, 2.05) is 30.7 Å². The Bertz CT molecular complexity index is 384. The monoisotopic (exact) mass is 226 g/mol. The van der Waals surface area contributed by atoms with Gasteiger partial charge in [-0.15, -0.1) is 0 Å². The Morgan fingerprint density at radius 1 is 1.06 bits per heavy atom. The van der Waals surface area contributed by atoms with Crippen LogP contribution in [0.4, 0.5) is 0 Å². The number of hydrogen-bond acceptors (Lipinski definition) is 2. The van der Waals surface area contributed by atoms with Gasteiger partial charge in [0.2, 0.25) is 0 Å². The molecule has 1 unspecified atom stereocenters. The van der Waals surface area contributed by atoms with Crippen LogP contribution in [0.1, 0.15) is 24.6 Å². The molecule has 0 fully saturated rings. The summed E-state index contributed by atoms with van der Waals surface area (Å²) in [5.41, 5.74) is 2.50. The SMILES string of the molecule is CCC(Cc1cccnc1)Cc1ccccn1. The first-order valence-corrected chi connectivity index (χ1v) is 6.17. The topological polar surface area (TPSA) is 25.8 Å². The van der Waals surface area contributed by atoms with Crippen LogP contribution in [0.3, 0.4) is 0 Å². The first kappa shape index (κ1) is 11.8. The van der Waals surface area contributed by atoms with E-state index < -0.39 is 0 Å². The molecule has 0 amide bonds. The van der Waals surface area contributed by atoms with Gasteiger partial charge in [-0.05, 0) is 42.5 Å². The van der Waals surface area contributed by atoms with Crippen LogP contribution in [0.25, 0.3) is 0 Å². The third kappa shape index (κ3) is 3.66. The molecule has 2 aromatic heterocycles. The van der Waals surface area contributed by atoms with Gasteiger partial charge in [-0.1, -0.05) is 25.5 Å². The van der Waals surface area contributed by atoms with Crippen molar-refractivity contribution in [2.45, 2.75) is 26.2 Å². The molecule has 0 saturated carbocycles. The Balaban J connectivity index is 1.98. The minimum atomic E-state index is 0.647. The maximum Gasteiger partial charge on any atom is 0.0406 e. The highest BCUT2D eigenvalue weighted by Crippen LogP contribution is 2.15. The van der Waals surface area contributed by atoms with Gasteiger partial charge in [0.1, 0.15) is 0 Å². The van der Waals surface area contributed by atoms with Crippen LogP contribution in [0.2, 0.25) is 0 Å². The Hall–Kier alpha value is -1.70. The minimum Gasteiger partial charge on any atom is -0.264 e. The summed E-state index contributed by atoms with van der Waals surface area (Å²) < 4.78 is 0. The molecule has 0 aliphatic rings. The summed E-state index contributed by atoms with van der Waals surface area (Å²) in [5.74, 6) is 0.647. The summed E-state index contributed by atoms with van der Waals surface area (Å²) in [6.07, 6.45) is 8.95. The summed E-state index contributed by atoms with van der Waals surface area (Å²) in [5, 5.41) is 0. The van der Waals surface area contributed by atoms with Gasteiger partial charge < -0.3 is 0 Å². The number of aromatic nitrogens is 2. The molecule has 0 aromatic carbocycles. The van der Waals surface area contributed by atoms with Crippen LogP contribution in [-0.2, 0) is 12.8 Å². The van der Waals surface area contributed by atoms with Crippen molar-refractivity contribution in [3.8, 4) is 0 Å². The first-order chi connectivity index (χ1) is 8.38. The molecule has 2 aromatic rings. The summed E-state index contributed by atoms with van der Waals surface area (Å²) in [7, 11) is 0. The highest BCUT2D eigenvalue weighted by Gasteiger charge is 2.09. The van der Waals surface area contributed by atoms with Gasteiger partial charge in [0.15, 0.2) is 0 Å². The summed E-state index contributed by atoms with van der Waals surface area (Å²) in [6, 6.07) is 10.3. The predicted molar refractivity (Wildman–Crippen MR) is 69.7 cm³/mol. The van der Waals surface area contributed by atoms with Crippen molar-refractivity contribution in [3.05, 3.63) is 60.2 Å². The molecule has 0 N–H and O–H groups in total. The van der Waals surface area contributed by atoms with Gasteiger partial charge in [0.25, 0.3) is 0 Å². The maximum absolute atomic E-state index is 4.39. The van der Waals surface area contributed by atoms with Gasteiger partial charge in [0.05, 0.1) is 0 Å². The first-order valence-electron chi connectivity index (χ1n) is 6.17. The fourth-order valence-corrected chi connectivity index (χ4v) is 2.03. The van der Waals surface area contributed by atoms with Crippen molar-refractivity contribution >= 4 is 0 Å². The van der Waals surface area contributed by atoms with E-state index in [-0.39, 0.29) is 0 Å². The highest BCUT2D eigenvalue weighted by molar-refractivity contribution is 5.11. The molecule has 2 nitrogen and oxygen atoms in total. The Labute approximate surface area is 103 Å². The third-order valence-electron chi connectivity index (χ3n) is 3.05. The maximum atomic E-state index is 4.39. The fourth-order valence-electron chi connectivity index (χ4n) is 2.03. The van der Waals surface area contributed by atoms with E-state index in [1.165, 1.54) is 17.7 Å². The van der Waals surface area contributed by atoms with Crippen LogP contribution in [0.5, 0.6) is 0 Å². The Morgan fingerprint density at radius 3 is 2.65 bits per heavy atom. The zero-order chi connectivity index (χ0) is 11.9. The van der Waals surface area contributed by atoms with Crippen LogP contribution >= 0.6 is 0 Å². The zero-order valence-corrected chi connectivity index (χ0v) is 10.2. The van der Waals surface area contributed by atoms with Gasteiger partial charge >= 0.3 is 0 Å². The fraction of sp³-hybridized carbons (Fsp3) is 0.333. The molecule has 0 radical (unpaired) electrons. The molecular weight excluding hydrogens is 208 g/mol. The van der Waals surface area contributed by atoms with Crippen molar-refractivity contribution in [2.75, 3.05) is 0 Å². The molecule has 88 valence electrons. The second-order valence-corrected chi connectivity index (χ2v) is 4.36. The number of hydrogen-bond donors (Lipinski definition) is 0. The normalized spacial score (nSPS) is 12.3. The standard InChI is InChI=1S/C15H18N2/c1-2-13(10-14-6-5-8-16-12-14)11-15-7-3-4-9-17-15/h3-9,12-13H,2,10-11H2,1H3. The van der Waals surface area contributed by atoms with E-state index in [0.29, 0.717) is 5.92 Å². The van der Waals surface area contributed by atoms with Crippen molar-refractivity contribution in [3.63, 3.8) is 0 Å². The van der Waals surface area contributed by atoms with E-state index in [0.717, 1.165) is 12.8 Å². The molecule has 0 aliphatic carbocycles. The summed E-state index contributed by atoms with van der Waals surface area (Å²) >= 11 is 0. The van der Waals surface area contributed by atoms with Crippen LogP contribution < -0.4 is 0 Å². The molecule has 0 saturated heterocycles. The van der Waals surface area contributed by atoms with Gasteiger partial charge in [-0.2, -0.15) is 0 Å². The summed E-state index contributed by atoms with van der Waals surface area (Å²) in [4.78, 5) is 8.56. The van der Waals surface area contributed by atoms with E-state index in [9.17, 15) is 0 Å². The van der Waals surface area contributed by atoms with Crippen LogP contribution in [0.15, 0.2) is 48.9 Å². The van der Waals surface area contributed by atoms with Crippen LogP contribution in [-0.4, -0.2) is 9.97 Å². The largest absolute Gasteiger partial charge is 0.264 e. The van der Waals surface area contributed by atoms with Gasteiger partial charge in [-0.25, -0.2) is 0 Å². The third-order valence-corrected chi connectivity index (χ3v) is 3.05. The second kappa shape index (κ2) is 6.14. The van der Waals surface area contributed by atoms with Gasteiger partial charge in [0, 0.05) is 24.3 Å². The Morgan fingerprint density at radius 2 is 2.00 bits per heavy atom. The molecular formula is C15H18N2. The van der Waals surface area contributed by atoms with Crippen molar-refractivity contribution in [1.82, 2.24) is 9.97 Å². The molecule has 1 atom stereocenters. The zero-order valence-electron chi connectivity index (χ0n) is 10.2. The molecule has 0 spiro atoms. The molecule has 2 heterocycles. The van der Waals surface area contributed by atoms with Crippen molar-refractivity contribution < 1.29 is 0 Å². The lowest BCUT2D eigenvalue weighted by atomic mass is 9.93. The number of rotatable bonds is 5. The smallest absolute Gasteiger partial charge is 0.0406 e. The molecule has 2 rings (SSSR count). The van der Waals surface area contributed by atoms with E-state index in [2.05, 4.69) is 35.1 Å². The van der Waals surface area contributed by atoms with E-state index in [1.54, 1.807) is 0 Å². The van der Waals surface area contributed by atoms with Gasteiger partial charge in [-0.3, -0.25) is 9.97 Å². The summed E-state index contributed by atoms with van der Waals surface area (Å²) in [6.45, 7) is 2.24. The molecule has 2 heteroatoms. The number of pyridine rings is 2. The minimum absolute atomic E-state index is 0.647. The van der Waals surface area contributed by atoms with Crippen LogP contribution in [0, 0.1) is 5.92 Å². The molecule has 0 aliphatic heterocycles. The molecule has 17 heavy (non-hydrogen) atoms. The quantitative estimate of drug-likeness (QED) is 0.781. The number of nitrogens with zero attached hydrogens (tertiary/aromatic N) is 2. The van der Waals surface area contributed by atoms with Crippen molar-refractivity contribution in [2.24, 2.45) is 5.92 Å². The average Bonchev–Trinajstić information content (AvgIpc) is 2.40. The molecule has 0 bridgehead atoms. The van der Waals surface area contributed by atoms with E-state index >= 15 is 0 Å². The predicted octanol–water partition coefficient (Wildman–Crippen LogP) is 3.29. The lowest BCUT2D eigenvalue weighted by molar-refractivity contribution is 0.497.